The van der Waals surface area contributed by atoms with Crippen molar-refractivity contribution in [2.75, 3.05) is 36.5 Å². The van der Waals surface area contributed by atoms with E-state index < -0.39 is 0 Å². The Morgan fingerprint density at radius 2 is 1.95 bits per heavy atom. The summed E-state index contributed by atoms with van der Waals surface area (Å²) in [6.45, 7) is 3.11. The summed E-state index contributed by atoms with van der Waals surface area (Å²) in [5.41, 5.74) is 1.93. The van der Waals surface area contributed by atoms with Gasteiger partial charge >= 0.3 is 0 Å². The predicted octanol–water partition coefficient (Wildman–Crippen LogP) is 2.82. The Kier molecular flexibility index (Phi) is 4.56. The molecule has 1 aliphatic heterocycles. The van der Waals surface area contributed by atoms with Crippen LogP contribution in [0.4, 0.5) is 11.4 Å². The molecular weight excluding hydrogens is 302 g/mol. The minimum atomic E-state index is -0.276. The molecule has 1 aromatic carbocycles. The van der Waals surface area contributed by atoms with Gasteiger partial charge in [-0.3, -0.25) is 4.79 Å². The van der Waals surface area contributed by atoms with Gasteiger partial charge in [-0.25, -0.2) is 4.98 Å². The van der Waals surface area contributed by atoms with Crippen molar-refractivity contribution >= 4 is 28.9 Å². The number of nitrogens with one attached hydrogen (secondary N) is 1. The number of amides is 1. The van der Waals surface area contributed by atoms with Crippen LogP contribution in [0.25, 0.3) is 0 Å². The second-order valence-corrected chi connectivity index (χ2v) is 5.34. The van der Waals surface area contributed by atoms with Crippen molar-refractivity contribution in [3.05, 3.63) is 53.3 Å². The van der Waals surface area contributed by atoms with Crippen LogP contribution in [0.5, 0.6) is 0 Å². The van der Waals surface area contributed by atoms with Crippen molar-refractivity contribution in [3.63, 3.8) is 0 Å². The van der Waals surface area contributed by atoms with Crippen LogP contribution in [0.15, 0.2) is 42.6 Å². The number of pyridine rings is 1. The molecule has 0 bridgehead atoms. The van der Waals surface area contributed by atoms with Gasteiger partial charge in [0.1, 0.15) is 5.69 Å². The minimum Gasteiger partial charge on any atom is -0.378 e. The first-order valence-electron chi connectivity index (χ1n) is 7.09. The van der Waals surface area contributed by atoms with Crippen molar-refractivity contribution in [1.29, 1.82) is 0 Å². The topological polar surface area (TPSA) is 54.5 Å². The van der Waals surface area contributed by atoms with Crippen LogP contribution in [-0.2, 0) is 4.74 Å². The molecule has 1 saturated heterocycles. The number of rotatable bonds is 3. The van der Waals surface area contributed by atoms with E-state index in [0.717, 1.165) is 32.0 Å². The average molecular weight is 318 g/mol. The number of hydrogen-bond donors (Lipinski definition) is 1. The van der Waals surface area contributed by atoms with Crippen molar-refractivity contribution in [2.45, 2.75) is 0 Å². The standard InChI is InChI=1S/C16H16ClN3O2/c17-13-3-1-2-4-14(13)19-16(21)15-6-5-12(11-18-15)20-7-9-22-10-8-20/h1-6,11H,7-10H2,(H,19,21). The fourth-order valence-electron chi connectivity index (χ4n) is 2.28. The molecule has 2 aromatic rings. The first kappa shape index (κ1) is 14.8. The molecule has 0 unspecified atom stereocenters. The Hall–Kier alpha value is -2.11. The van der Waals surface area contributed by atoms with Crippen LogP contribution in [0.2, 0.25) is 5.02 Å². The maximum absolute atomic E-state index is 12.2. The highest BCUT2D eigenvalue weighted by Crippen LogP contribution is 2.21. The lowest BCUT2D eigenvalue weighted by Crippen LogP contribution is -2.36. The van der Waals surface area contributed by atoms with Gasteiger partial charge in [0, 0.05) is 13.1 Å². The molecule has 1 fully saturated rings. The maximum atomic E-state index is 12.2. The molecule has 114 valence electrons. The van der Waals surface area contributed by atoms with Crippen molar-refractivity contribution in [2.24, 2.45) is 0 Å². The molecule has 1 N–H and O–H groups in total. The van der Waals surface area contributed by atoms with Gasteiger partial charge in [0.05, 0.1) is 35.8 Å². The van der Waals surface area contributed by atoms with Gasteiger partial charge < -0.3 is 15.0 Å². The third-order valence-corrected chi connectivity index (χ3v) is 3.81. The molecule has 0 saturated carbocycles. The van der Waals surface area contributed by atoms with E-state index in [1.165, 1.54) is 0 Å². The average Bonchev–Trinajstić information content (AvgIpc) is 2.58. The van der Waals surface area contributed by atoms with E-state index in [-0.39, 0.29) is 5.91 Å². The minimum absolute atomic E-state index is 0.276. The van der Waals surface area contributed by atoms with Crippen molar-refractivity contribution in [1.82, 2.24) is 4.98 Å². The van der Waals surface area contributed by atoms with Crippen LogP contribution >= 0.6 is 11.6 Å². The third-order valence-electron chi connectivity index (χ3n) is 3.48. The summed E-state index contributed by atoms with van der Waals surface area (Å²) in [7, 11) is 0. The number of morpholine rings is 1. The second kappa shape index (κ2) is 6.77. The van der Waals surface area contributed by atoms with E-state index in [4.69, 9.17) is 16.3 Å². The Labute approximate surface area is 133 Å². The molecule has 3 rings (SSSR count). The first-order chi connectivity index (χ1) is 10.7. The Morgan fingerprint density at radius 3 is 2.64 bits per heavy atom. The van der Waals surface area contributed by atoms with E-state index in [1.807, 2.05) is 18.2 Å². The summed E-state index contributed by atoms with van der Waals surface area (Å²) in [5, 5.41) is 3.26. The molecule has 1 amide bonds. The van der Waals surface area contributed by atoms with Crippen molar-refractivity contribution < 1.29 is 9.53 Å². The van der Waals surface area contributed by atoms with Crippen LogP contribution in [0.3, 0.4) is 0 Å². The number of carbonyl (C=O) groups is 1. The van der Waals surface area contributed by atoms with Crippen LogP contribution < -0.4 is 10.2 Å². The number of carbonyl (C=O) groups excluding carboxylic acids is 1. The van der Waals surface area contributed by atoms with Gasteiger partial charge in [0.2, 0.25) is 0 Å². The highest BCUT2D eigenvalue weighted by Gasteiger charge is 2.13. The number of anilines is 2. The van der Waals surface area contributed by atoms with E-state index in [1.54, 1.807) is 24.4 Å². The zero-order valence-electron chi connectivity index (χ0n) is 12.0. The molecular formula is C16H16ClN3O2. The van der Waals surface area contributed by atoms with E-state index >= 15 is 0 Å². The lowest BCUT2D eigenvalue weighted by Gasteiger charge is -2.28. The van der Waals surface area contributed by atoms with Gasteiger partial charge in [0.15, 0.2) is 0 Å². The zero-order valence-corrected chi connectivity index (χ0v) is 12.7. The lowest BCUT2D eigenvalue weighted by atomic mass is 10.2. The van der Waals surface area contributed by atoms with Gasteiger partial charge in [-0.2, -0.15) is 0 Å². The number of para-hydroxylation sites is 1. The Morgan fingerprint density at radius 1 is 1.18 bits per heavy atom. The first-order valence-corrected chi connectivity index (χ1v) is 7.46. The van der Waals surface area contributed by atoms with Crippen LogP contribution in [-0.4, -0.2) is 37.2 Å². The quantitative estimate of drug-likeness (QED) is 0.946. The lowest BCUT2D eigenvalue weighted by molar-refractivity contribution is 0.102. The molecule has 1 aromatic heterocycles. The molecule has 0 radical (unpaired) electrons. The van der Waals surface area contributed by atoms with E-state index in [2.05, 4.69) is 15.2 Å². The summed E-state index contributed by atoms with van der Waals surface area (Å²) in [4.78, 5) is 18.6. The summed E-state index contributed by atoms with van der Waals surface area (Å²) >= 11 is 6.03. The fraction of sp³-hybridized carbons (Fsp3) is 0.250. The second-order valence-electron chi connectivity index (χ2n) is 4.94. The monoisotopic (exact) mass is 317 g/mol. The predicted molar refractivity (Wildman–Crippen MR) is 86.7 cm³/mol. The number of nitrogens with zero attached hydrogens (tertiary/aromatic N) is 2. The molecule has 6 heteroatoms. The zero-order chi connectivity index (χ0) is 15.4. The van der Waals surface area contributed by atoms with Gasteiger partial charge in [0.25, 0.3) is 5.91 Å². The number of ether oxygens (including phenoxy) is 1. The number of aromatic nitrogens is 1. The highest BCUT2D eigenvalue weighted by molar-refractivity contribution is 6.33. The SMILES string of the molecule is O=C(Nc1ccccc1Cl)c1ccc(N2CCOCC2)cn1. The molecule has 2 heterocycles. The summed E-state index contributed by atoms with van der Waals surface area (Å²) < 4.78 is 5.32. The Bertz CT molecular complexity index is 655. The smallest absolute Gasteiger partial charge is 0.274 e. The fourth-order valence-corrected chi connectivity index (χ4v) is 2.46. The summed E-state index contributed by atoms with van der Waals surface area (Å²) in [6, 6.07) is 10.7. The van der Waals surface area contributed by atoms with Crippen LogP contribution in [0, 0.1) is 0 Å². The largest absolute Gasteiger partial charge is 0.378 e. The third kappa shape index (κ3) is 3.37. The highest BCUT2D eigenvalue weighted by atomic mass is 35.5. The number of halogens is 1. The number of benzene rings is 1. The molecule has 0 atom stereocenters. The number of hydrogen-bond acceptors (Lipinski definition) is 4. The van der Waals surface area contributed by atoms with Crippen LogP contribution in [0.1, 0.15) is 10.5 Å². The van der Waals surface area contributed by atoms with E-state index in [9.17, 15) is 4.79 Å². The molecule has 5 nitrogen and oxygen atoms in total. The molecule has 1 aliphatic rings. The van der Waals surface area contributed by atoms with Gasteiger partial charge in [-0.15, -0.1) is 0 Å². The van der Waals surface area contributed by atoms with E-state index in [0.29, 0.717) is 16.4 Å². The summed E-state index contributed by atoms with van der Waals surface area (Å²) in [6.07, 6.45) is 1.72. The molecule has 0 aliphatic carbocycles. The van der Waals surface area contributed by atoms with Crippen molar-refractivity contribution in [3.8, 4) is 0 Å². The normalized spacial score (nSPS) is 14.7. The molecule has 0 spiro atoms. The Balaban J connectivity index is 1.69. The van der Waals surface area contributed by atoms with Gasteiger partial charge in [-0.05, 0) is 24.3 Å². The summed E-state index contributed by atoms with van der Waals surface area (Å²) in [5.74, 6) is -0.276. The van der Waals surface area contributed by atoms with Gasteiger partial charge in [-0.1, -0.05) is 23.7 Å². The molecule has 22 heavy (non-hydrogen) atoms. The maximum Gasteiger partial charge on any atom is 0.274 e.